The molecule has 3 heteroatoms. The summed E-state index contributed by atoms with van der Waals surface area (Å²) in [6, 6.07) is 1.63. The minimum atomic E-state index is 0.799. The molecule has 0 radical (unpaired) electrons. The summed E-state index contributed by atoms with van der Waals surface area (Å²) >= 11 is 0. The molecule has 0 amide bonds. The number of fused-ring (bicyclic) bond motifs is 3. The summed E-state index contributed by atoms with van der Waals surface area (Å²) in [5, 5.41) is 3.77. The number of rotatable bonds is 3. The van der Waals surface area contributed by atoms with Crippen LogP contribution >= 0.6 is 0 Å². The zero-order valence-corrected chi connectivity index (χ0v) is 9.62. The maximum Gasteiger partial charge on any atom is 0.0349 e. The molecule has 1 aliphatic carbocycles. The summed E-state index contributed by atoms with van der Waals surface area (Å²) in [4.78, 5) is 5.31. The van der Waals surface area contributed by atoms with Gasteiger partial charge in [-0.05, 0) is 12.8 Å². The molecule has 3 saturated heterocycles. The van der Waals surface area contributed by atoms with Gasteiger partial charge in [0.2, 0.25) is 0 Å². The number of nitrogens with zero attached hydrogens (tertiary/aromatic N) is 2. The summed E-state index contributed by atoms with van der Waals surface area (Å²) in [5.41, 5.74) is 0. The number of piperazine rings is 3. The SMILES string of the molecule is C1CCC(NCC2CN3CCN2CC3)C1. The van der Waals surface area contributed by atoms with E-state index in [-0.39, 0.29) is 0 Å². The fraction of sp³-hybridized carbons (Fsp3) is 1.00. The fourth-order valence-electron chi connectivity index (χ4n) is 3.35. The van der Waals surface area contributed by atoms with Gasteiger partial charge < -0.3 is 5.32 Å². The topological polar surface area (TPSA) is 18.5 Å². The Morgan fingerprint density at radius 1 is 1.00 bits per heavy atom. The third-order valence-corrected chi connectivity index (χ3v) is 4.39. The van der Waals surface area contributed by atoms with E-state index in [9.17, 15) is 0 Å². The first kappa shape index (κ1) is 10.1. The van der Waals surface area contributed by atoms with Gasteiger partial charge in [0.05, 0.1) is 0 Å². The molecule has 15 heavy (non-hydrogen) atoms. The molecule has 3 aliphatic heterocycles. The lowest BCUT2D eigenvalue weighted by molar-refractivity contribution is 0.0128. The number of nitrogens with one attached hydrogen (secondary N) is 1. The summed E-state index contributed by atoms with van der Waals surface area (Å²) in [6.07, 6.45) is 5.71. The summed E-state index contributed by atoms with van der Waals surface area (Å²) < 4.78 is 0. The van der Waals surface area contributed by atoms with Crippen molar-refractivity contribution in [3.8, 4) is 0 Å². The van der Waals surface area contributed by atoms with Gasteiger partial charge in [-0.3, -0.25) is 9.80 Å². The smallest absolute Gasteiger partial charge is 0.0349 e. The molecule has 2 bridgehead atoms. The summed E-state index contributed by atoms with van der Waals surface area (Å²) in [7, 11) is 0. The monoisotopic (exact) mass is 209 g/mol. The van der Waals surface area contributed by atoms with Crippen molar-refractivity contribution in [2.75, 3.05) is 39.3 Å². The standard InChI is InChI=1S/C12H23N3/c1-2-4-11(3-1)13-9-12-10-14-5-7-15(12)8-6-14/h11-13H,1-10H2. The lowest BCUT2D eigenvalue weighted by atomic mass is 10.1. The molecule has 4 fully saturated rings. The largest absolute Gasteiger partial charge is 0.312 e. The average Bonchev–Trinajstić information content (AvgIpc) is 2.81. The van der Waals surface area contributed by atoms with Gasteiger partial charge in [0.25, 0.3) is 0 Å². The van der Waals surface area contributed by atoms with Gasteiger partial charge in [-0.1, -0.05) is 12.8 Å². The van der Waals surface area contributed by atoms with Gasteiger partial charge in [0.1, 0.15) is 0 Å². The second kappa shape index (κ2) is 4.40. The molecule has 0 aromatic carbocycles. The van der Waals surface area contributed by atoms with Crippen LogP contribution in [0.2, 0.25) is 0 Å². The lowest BCUT2D eigenvalue weighted by Crippen LogP contribution is -2.63. The van der Waals surface area contributed by atoms with E-state index >= 15 is 0 Å². The highest BCUT2D eigenvalue weighted by atomic mass is 15.3. The summed E-state index contributed by atoms with van der Waals surface area (Å²) in [6.45, 7) is 7.74. The zero-order valence-electron chi connectivity index (χ0n) is 9.62. The van der Waals surface area contributed by atoms with Crippen LogP contribution in [-0.4, -0.2) is 61.2 Å². The van der Waals surface area contributed by atoms with Crippen molar-refractivity contribution in [3.63, 3.8) is 0 Å². The maximum atomic E-state index is 3.77. The molecule has 86 valence electrons. The van der Waals surface area contributed by atoms with Gasteiger partial charge in [0.15, 0.2) is 0 Å². The van der Waals surface area contributed by atoms with Crippen LogP contribution in [0, 0.1) is 0 Å². The van der Waals surface area contributed by atoms with Crippen LogP contribution in [0.3, 0.4) is 0 Å². The molecule has 0 spiro atoms. The number of hydrogen-bond donors (Lipinski definition) is 1. The van der Waals surface area contributed by atoms with Crippen molar-refractivity contribution in [2.24, 2.45) is 0 Å². The van der Waals surface area contributed by atoms with Crippen LogP contribution in [0.5, 0.6) is 0 Å². The first-order valence-corrected chi connectivity index (χ1v) is 6.61. The van der Waals surface area contributed by atoms with Gasteiger partial charge in [-0.15, -0.1) is 0 Å². The molecule has 1 unspecified atom stereocenters. The molecule has 1 N–H and O–H groups in total. The van der Waals surface area contributed by atoms with E-state index < -0.39 is 0 Å². The average molecular weight is 209 g/mol. The second-order valence-electron chi connectivity index (χ2n) is 5.38. The first-order chi connectivity index (χ1) is 7.42. The van der Waals surface area contributed by atoms with Crippen LogP contribution < -0.4 is 5.32 Å². The molecule has 1 atom stereocenters. The van der Waals surface area contributed by atoms with Gasteiger partial charge in [0, 0.05) is 51.4 Å². The molecule has 0 aromatic heterocycles. The highest BCUT2D eigenvalue weighted by Crippen LogP contribution is 2.19. The Bertz CT molecular complexity index is 205. The lowest BCUT2D eigenvalue weighted by Gasteiger charge is -2.47. The van der Waals surface area contributed by atoms with E-state index in [1.54, 1.807) is 0 Å². The molecule has 4 rings (SSSR count). The molecule has 0 aromatic rings. The van der Waals surface area contributed by atoms with Crippen molar-refractivity contribution in [1.82, 2.24) is 15.1 Å². The van der Waals surface area contributed by atoms with Crippen LogP contribution in [0.25, 0.3) is 0 Å². The van der Waals surface area contributed by atoms with E-state index in [1.165, 1.54) is 65.0 Å². The van der Waals surface area contributed by atoms with Crippen LogP contribution in [0.4, 0.5) is 0 Å². The van der Waals surface area contributed by atoms with Crippen molar-refractivity contribution >= 4 is 0 Å². The van der Waals surface area contributed by atoms with E-state index in [4.69, 9.17) is 0 Å². The van der Waals surface area contributed by atoms with Gasteiger partial charge in [-0.25, -0.2) is 0 Å². The van der Waals surface area contributed by atoms with E-state index in [1.807, 2.05) is 0 Å². The van der Waals surface area contributed by atoms with Crippen molar-refractivity contribution < 1.29 is 0 Å². The Morgan fingerprint density at radius 3 is 2.33 bits per heavy atom. The predicted molar refractivity (Wildman–Crippen MR) is 62.1 cm³/mol. The normalized spacial score (nSPS) is 41.2. The molecule has 4 aliphatic rings. The minimum Gasteiger partial charge on any atom is -0.312 e. The fourth-order valence-corrected chi connectivity index (χ4v) is 3.35. The Balaban J connectivity index is 1.46. The van der Waals surface area contributed by atoms with Crippen molar-refractivity contribution in [3.05, 3.63) is 0 Å². The molecular formula is C12H23N3. The molecule has 1 saturated carbocycles. The maximum absolute atomic E-state index is 3.77. The zero-order chi connectivity index (χ0) is 10.1. The molecule has 3 heterocycles. The van der Waals surface area contributed by atoms with Gasteiger partial charge >= 0.3 is 0 Å². The Labute approximate surface area is 92.8 Å². The van der Waals surface area contributed by atoms with Crippen molar-refractivity contribution in [1.29, 1.82) is 0 Å². The Hall–Kier alpha value is -0.120. The van der Waals surface area contributed by atoms with Gasteiger partial charge in [-0.2, -0.15) is 0 Å². The number of hydrogen-bond acceptors (Lipinski definition) is 3. The van der Waals surface area contributed by atoms with E-state index in [2.05, 4.69) is 15.1 Å². The van der Waals surface area contributed by atoms with E-state index in [0.717, 1.165) is 12.1 Å². The summed E-state index contributed by atoms with van der Waals surface area (Å²) in [5.74, 6) is 0. The highest BCUT2D eigenvalue weighted by Gasteiger charge is 2.31. The third kappa shape index (κ3) is 2.19. The van der Waals surface area contributed by atoms with E-state index in [0.29, 0.717) is 0 Å². The highest BCUT2D eigenvalue weighted by molar-refractivity contribution is 4.90. The Morgan fingerprint density at radius 2 is 1.73 bits per heavy atom. The van der Waals surface area contributed by atoms with Crippen LogP contribution in [-0.2, 0) is 0 Å². The first-order valence-electron chi connectivity index (χ1n) is 6.61. The quantitative estimate of drug-likeness (QED) is 0.731. The predicted octanol–water partition coefficient (Wildman–Crippen LogP) is 0.518. The van der Waals surface area contributed by atoms with Crippen LogP contribution in [0.15, 0.2) is 0 Å². The van der Waals surface area contributed by atoms with Crippen LogP contribution in [0.1, 0.15) is 25.7 Å². The molecule has 3 nitrogen and oxygen atoms in total. The Kier molecular flexibility index (Phi) is 2.95. The second-order valence-corrected chi connectivity index (χ2v) is 5.38. The minimum absolute atomic E-state index is 0.799. The molecular weight excluding hydrogens is 186 g/mol. The third-order valence-electron chi connectivity index (χ3n) is 4.39. The van der Waals surface area contributed by atoms with Crippen molar-refractivity contribution in [2.45, 2.75) is 37.8 Å².